The van der Waals surface area contributed by atoms with E-state index in [4.69, 9.17) is 4.98 Å². The zero-order valence-electron chi connectivity index (χ0n) is 17.1. The second-order valence-corrected chi connectivity index (χ2v) is 9.04. The Labute approximate surface area is 187 Å². The van der Waals surface area contributed by atoms with Gasteiger partial charge < -0.3 is 0 Å². The van der Waals surface area contributed by atoms with E-state index in [1.807, 2.05) is 46.9 Å². The van der Waals surface area contributed by atoms with E-state index in [0.717, 1.165) is 39.8 Å². The quantitative estimate of drug-likeness (QED) is 0.318. The van der Waals surface area contributed by atoms with Crippen molar-refractivity contribution in [3.8, 4) is 10.6 Å². The average Bonchev–Trinajstić information content (AvgIpc) is 3.46. The van der Waals surface area contributed by atoms with E-state index in [1.165, 1.54) is 0 Å². The largest absolute Gasteiger partial charge is 0.276 e. The highest BCUT2D eigenvalue weighted by Gasteiger charge is 2.17. The molecule has 0 spiro atoms. The fourth-order valence-corrected chi connectivity index (χ4v) is 5.33. The Morgan fingerprint density at radius 1 is 1.03 bits per heavy atom. The molecule has 0 saturated carbocycles. The maximum atomic E-state index is 13.0. The fraction of sp³-hybridized carbons (Fsp3) is 0.217. The van der Waals surface area contributed by atoms with Gasteiger partial charge in [-0.15, -0.1) is 21.5 Å². The topological polar surface area (TPSA) is 65.1 Å². The summed E-state index contributed by atoms with van der Waals surface area (Å²) in [5.41, 5.74) is 2.97. The molecule has 0 aliphatic carbocycles. The minimum atomic E-state index is -0.00694. The third kappa shape index (κ3) is 3.77. The Morgan fingerprint density at radius 2 is 1.84 bits per heavy atom. The molecule has 3 aromatic heterocycles. The summed E-state index contributed by atoms with van der Waals surface area (Å²) in [6.45, 7) is 2.75. The van der Waals surface area contributed by atoms with E-state index in [-0.39, 0.29) is 5.56 Å². The van der Waals surface area contributed by atoms with E-state index in [9.17, 15) is 4.79 Å². The van der Waals surface area contributed by atoms with Gasteiger partial charge in [-0.3, -0.25) is 13.8 Å². The zero-order chi connectivity index (χ0) is 21.2. The van der Waals surface area contributed by atoms with Crippen molar-refractivity contribution in [3.63, 3.8) is 0 Å². The van der Waals surface area contributed by atoms with Crippen LogP contribution in [0.3, 0.4) is 0 Å². The van der Waals surface area contributed by atoms with Gasteiger partial charge in [0.25, 0.3) is 5.56 Å². The molecular weight excluding hydrogens is 426 g/mol. The first kappa shape index (κ1) is 20.0. The van der Waals surface area contributed by atoms with E-state index in [0.29, 0.717) is 23.5 Å². The van der Waals surface area contributed by atoms with Gasteiger partial charge in [-0.25, -0.2) is 4.98 Å². The van der Waals surface area contributed by atoms with Gasteiger partial charge in [0.15, 0.2) is 5.16 Å². The van der Waals surface area contributed by atoms with Crippen LogP contribution in [0.25, 0.3) is 27.3 Å². The van der Waals surface area contributed by atoms with Crippen molar-refractivity contribution >= 4 is 39.8 Å². The molecule has 2 aromatic carbocycles. The van der Waals surface area contributed by atoms with Crippen LogP contribution in [-0.4, -0.2) is 24.1 Å². The van der Waals surface area contributed by atoms with E-state index in [2.05, 4.69) is 34.6 Å². The van der Waals surface area contributed by atoms with Gasteiger partial charge in [-0.05, 0) is 18.6 Å². The van der Waals surface area contributed by atoms with Crippen LogP contribution in [0.15, 0.2) is 69.9 Å². The molecule has 0 unspecified atom stereocenters. The maximum absolute atomic E-state index is 13.0. The molecule has 31 heavy (non-hydrogen) atoms. The molecule has 0 saturated heterocycles. The lowest BCUT2D eigenvalue weighted by molar-refractivity contribution is 0.620. The van der Waals surface area contributed by atoms with Crippen molar-refractivity contribution in [2.45, 2.75) is 37.2 Å². The number of thiazole rings is 1. The summed E-state index contributed by atoms with van der Waals surface area (Å²) < 4.78 is 3.75. The third-order valence-electron chi connectivity index (χ3n) is 5.14. The van der Waals surface area contributed by atoms with Crippen molar-refractivity contribution < 1.29 is 0 Å². The van der Waals surface area contributed by atoms with Gasteiger partial charge >= 0.3 is 0 Å². The summed E-state index contributed by atoms with van der Waals surface area (Å²) in [4.78, 5) is 17.8. The maximum Gasteiger partial charge on any atom is 0.262 e. The van der Waals surface area contributed by atoms with Crippen LogP contribution in [0.2, 0.25) is 0 Å². The smallest absolute Gasteiger partial charge is 0.262 e. The summed E-state index contributed by atoms with van der Waals surface area (Å²) in [6, 6.07) is 17.9. The first-order valence-electron chi connectivity index (χ1n) is 10.3. The lowest BCUT2D eigenvalue weighted by atomic mass is 10.2. The van der Waals surface area contributed by atoms with Crippen LogP contribution >= 0.6 is 23.1 Å². The predicted octanol–water partition coefficient (Wildman–Crippen LogP) is 5.26. The standard InChI is InChI=1S/C23H21N5OS2/c1-2-3-13-27-21(29)18-11-7-8-12-19(18)28-22(27)25-26-23(28)31-15-17-14-30-20(24-17)16-9-5-4-6-10-16/h4-12,14H,2-3,13,15H2,1H3. The molecule has 0 atom stereocenters. The average molecular weight is 448 g/mol. The SMILES string of the molecule is CCCCn1c(=O)c2ccccc2n2c(SCc3csc(-c4ccccc4)n3)nnc12. The Hall–Kier alpha value is -2.97. The number of hydrogen-bond donors (Lipinski definition) is 0. The Kier molecular flexibility index (Phi) is 5.57. The number of rotatable bonds is 7. The van der Waals surface area contributed by atoms with E-state index >= 15 is 0 Å². The summed E-state index contributed by atoms with van der Waals surface area (Å²) >= 11 is 3.24. The molecule has 0 fully saturated rings. The van der Waals surface area contributed by atoms with Gasteiger partial charge in [-0.2, -0.15) is 0 Å². The van der Waals surface area contributed by atoms with Crippen LogP contribution in [0.5, 0.6) is 0 Å². The number of nitrogens with zero attached hydrogens (tertiary/aromatic N) is 5. The summed E-state index contributed by atoms with van der Waals surface area (Å²) in [6.07, 6.45) is 1.93. The van der Waals surface area contributed by atoms with Crippen molar-refractivity contribution in [1.82, 2.24) is 24.1 Å². The highest BCUT2D eigenvalue weighted by molar-refractivity contribution is 7.98. The van der Waals surface area contributed by atoms with Crippen molar-refractivity contribution in [2.75, 3.05) is 0 Å². The van der Waals surface area contributed by atoms with Crippen LogP contribution in [0, 0.1) is 0 Å². The summed E-state index contributed by atoms with van der Waals surface area (Å²) in [7, 11) is 0. The van der Waals surface area contributed by atoms with Crippen molar-refractivity contribution in [3.05, 3.63) is 76.0 Å². The van der Waals surface area contributed by atoms with Crippen LogP contribution < -0.4 is 5.56 Å². The minimum Gasteiger partial charge on any atom is -0.276 e. The van der Waals surface area contributed by atoms with Crippen molar-refractivity contribution in [1.29, 1.82) is 0 Å². The molecule has 0 aliphatic rings. The highest BCUT2D eigenvalue weighted by atomic mass is 32.2. The van der Waals surface area contributed by atoms with E-state index in [1.54, 1.807) is 27.7 Å². The number of para-hydroxylation sites is 1. The number of thioether (sulfide) groups is 1. The molecule has 8 heteroatoms. The van der Waals surface area contributed by atoms with Gasteiger partial charge in [0.1, 0.15) is 5.01 Å². The lowest BCUT2D eigenvalue weighted by Crippen LogP contribution is -2.23. The number of unbranched alkanes of at least 4 members (excludes halogenated alkanes) is 1. The molecular formula is C23H21N5OS2. The first-order chi connectivity index (χ1) is 15.3. The van der Waals surface area contributed by atoms with E-state index < -0.39 is 0 Å². The molecule has 3 heterocycles. The predicted molar refractivity (Wildman–Crippen MR) is 127 cm³/mol. The highest BCUT2D eigenvalue weighted by Crippen LogP contribution is 2.28. The number of aryl methyl sites for hydroxylation is 1. The molecule has 5 aromatic rings. The Balaban J connectivity index is 1.50. The molecule has 0 aliphatic heterocycles. The molecule has 0 N–H and O–H groups in total. The van der Waals surface area contributed by atoms with Gasteiger partial charge in [-0.1, -0.05) is 67.6 Å². The summed E-state index contributed by atoms with van der Waals surface area (Å²) in [5, 5.41) is 13.4. The molecule has 0 radical (unpaired) electrons. The van der Waals surface area contributed by atoms with Crippen LogP contribution in [0.4, 0.5) is 0 Å². The third-order valence-corrected chi connectivity index (χ3v) is 7.04. The minimum absolute atomic E-state index is 0.00694. The number of fused-ring (bicyclic) bond motifs is 3. The molecule has 0 bridgehead atoms. The molecule has 0 amide bonds. The number of hydrogen-bond acceptors (Lipinski definition) is 6. The lowest BCUT2D eigenvalue weighted by Gasteiger charge is -2.10. The Bertz CT molecular complexity index is 1400. The number of benzene rings is 2. The first-order valence-corrected chi connectivity index (χ1v) is 12.1. The zero-order valence-corrected chi connectivity index (χ0v) is 18.7. The second-order valence-electron chi connectivity index (χ2n) is 7.24. The monoisotopic (exact) mass is 447 g/mol. The van der Waals surface area contributed by atoms with Crippen LogP contribution in [0.1, 0.15) is 25.5 Å². The molecule has 156 valence electrons. The van der Waals surface area contributed by atoms with Gasteiger partial charge in [0.05, 0.1) is 16.6 Å². The Morgan fingerprint density at radius 3 is 2.68 bits per heavy atom. The van der Waals surface area contributed by atoms with Crippen LogP contribution in [-0.2, 0) is 12.3 Å². The molecule has 6 nitrogen and oxygen atoms in total. The molecule has 5 rings (SSSR count). The summed E-state index contributed by atoms with van der Waals surface area (Å²) in [5.74, 6) is 1.29. The van der Waals surface area contributed by atoms with Gasteiger partial charge in [0, 0.05) is 23.2 Å². The number of aromatic nitrogens is 5. The second kappa shape index (κ2) is 8.64. The van der Waals surface area contributed by atoms with Gasteiger partial charge in [0.2, 0.25) is 5.78 Å². The fourth-order valence-electron chi connectivity index (χ4n) is 3.57. The normalized spacial score (nSPS) is 11.5. The van der Waals surface area contributed by atoms with Crippen molar-refractivity contribution in [2.24, 2.45) is 0 Å².